The molecule has 0 aliphatic carbocycles. The van der Waals surface area contributed by atoms with Crippen LogP contribution in [-0.2, 0) is 0 Å². The van der Waals surface area contributed by atoms with Gasteiger partial charge in [0.2, 0.25) is 0 Å². The predicted molar refractivity (Wildman–Crippen MR) is 52.0 cm³/mol. The monoisotopic (exact) mass is 164 g/mol. The molecule has 4 heteroatoms. The molecule has 0 bridgehead atoms. The van der Waals surface area contributed by atoms with Gasteiger partial charge in [0.15, 0.2) is 0 Å². The van der Waals surface area contributed by atoms with Crippen LogP contribution < -0.4 is 11.2 Å². The van der Waals surface area contributed by atoms with Crippen LogP contribution in [0, 0.1) is 5.41 Å². The maximum atomic E-state index is 6.59. The Morgan fingerprint density at radius 1 is 1.50 bits per heavy atom. The van der Waals surface area contributed by atoms with E-state index in [1.54, 1.807) is 24.4 Å². The zero-order chi connectivity index (χ0) is 9.23. The summed E-state index contributed by atoms with van der Waals surface area (Å²) in [6, 6.07) is 0. The van der Waals surface area contributed by atoms with Gasteiger partial charge in [-0.05, 0) is 12.2 Å². The van der Waals surface area contributed by atoms with Crippen molar-refractivity contribution < 1.29 is 0 Å². The molecule has 4 nitrogen and oxygen atoms in total. The molecular formula is C8H12N4. The molecular weight excluding hydrogens is 152 g/mol. The summed E-state index contributed by atoms with van der Waals surface area (Å²) in [6.07, 6.45) is 9.14. The minimum Gasteiger partial charge on any atom is -0.399 e. The summed E-state index contributed by atoms with van der Waals surface area (Å²) in [4.78, 5) is 0. The number of hydrazone groups is 1. The van der Waals surface area contributed by atoms with Gasteiger partial charge in [-0.15, -0.1) is 0 Å². The van der Waals surface area contributed by atoms with Crippen LogP contribution in [0.4, 0.5) is 0 Å². The normalized spacial score (nSPS) is 11.3. The lowest BCUT2D eigenvalue weighted by Crippen LogP contribution is -1.93. The molecule has 0 aromatic carbocycles. The van der Waals surface area contributed by atoms with Crippen molar-refractivity contribution in [1.82, 2.24) is 5.43 Å². The summed E-state index contributed by atoms with van der Waals surface area (Å²) in [6.45, 7) is 3.48. The number of nitrogens with one attached hydrogen (secondary N) is 2. The van der Waals surface area contributed by atoms with E-state index in [2.05, 4.69) is 17.1 Å². The van der Waals surface area contributed by atoms with E-state index in [-0.39, 0.29) is 0 Å². The minimum absolute atomic E-state index is 0.502. The van der Waals surface area contributed by atoms with Crippen molar-refractivity contribution >= 4 is 12.4 Å². The molecule has 0 atom stereocenters. The van der Waals surface area contributed by atoms with Crippen LogP contribution in [0.1, 0.15) is 0 Å². The molecule has 0 aromatic rings. The highest BCUT2D eigenvalue weighted by atomic mass is 15.3. The number of rotatable bonds is 5. The molecule has 0 fully saturated rings. The maximum absolute atomic E-state index is 6.59. The molecule has 0 spiro atoms. The second-order valence-electron chi connectivity index (χ2n) is 1.87. The summed E-state index contributed by atoms with van der Waals surface area (Å²) in [5, 5.41) is 10.2. The van der Waals surface area contributed by atoms with Gasteiger partial charge in [0, 0.05) is 18.1 Å². The topological polar surface area (TPSA) is 74.3 Å². The number of hydrogen-bond donors (Lipinski definition) is 3. The van der Waals surface area contributed by atoms with Crippen LogP contribution in [0.25, 0.3) is 0 Å². The number of nitrogens with two attached hydrogens (primary N) is 1. The van der Waals surface area contributed by atoms with Gasteiger partial charge in [-0.2, -0.15) is 5.10 Å². The molecule has 0 saturated carbocycles. The Hall–Kier alpha value is -1.84. The Morgan fingerprint density at radius 2 is 2.25 bits per heavy atom. The van der Waals surface area contributed by atoms with E-state index >= 15 is 0 Å². The Kier molecular flexibility index (Phi) is 6.15. The summed E-state index contributed by atoms with van der Waals surface area (Å²) < 4.78 is 0. The lowest BCUT2D eigenvalue weighted by Gasteiger charge is -1.85. The average molecular weight is 164 g/mol. The first-order valence-corrected chi connectivity index (χ1v) is 3.32. The van der Waals surface area contributed by atoms with Crippen molar-refractivity contribution in [3.63, 3.8) is 0 Å². The second kappa shape index (κ2) is 7.27. The Balaban J connectivity index is 3.56. The molecule has 0 heterocycles. The first-order chi connectivity index (χ1) is 5.77. The fourth-order valence-electron chi connectivity index (χ4n) is 0.401. The molecule has 0 rings (SSSR count). The number of hydrogen-bond acceptors (Lipinski definition) is 4. The largest absolute Gasteiger partial charge is 0.399 e. The molecule has 0 saturated heterocycles. The Labute approximate surface area is 71.7 Å². The van der Waals surface area contributed by atoms with E-state index in [1.807, 2.05) is 0 Å². The molecule has 0 aromatic heterocycles. The molecule has 0 unspecified atom stereocenters. The lowest BCUT2D eigenvalue weighted by atomic mass is 10.4. The highest BCUT2D eigenvalue weighted by molar-refractivity contribution is 6.14. The van der Waals surface area contributed by atoms with Gasteiger partial charge in [0.05, 0.1) is 6.21 Å². The third kappa shape index (κ3) is 8.16. The van der Waals surface area contributed by atoms with Crippen LogP contribution in [0.5, 0.6) is 0 Å². The van der Waals surface area contributed by atoms with Crippen LogP contribution in [0.15, 0.2) is 41.8 Å². The van der Waals surface area contributed by atoms with E-state index in [9.17, 15) is 0 Å². The first-order valence-electron chi connectivity index (χ1n) is 3.32. The van der Waals surface area contributed by atoms with Gasteiger partial charge < -0.3 is 11.1 Å². The zero-order valence-corrected chi connectivity index (χ0v) is 6.70. The van der Waals surface area contributed by atoms with Crippen LogP contribution in [0.2, 0.25) is 0 Å². The SMILES string of the molecule is C=C(N)/C=C\C=C\N/N=C\C=N. The number of nitrogens with zero attached hydrogens (tertiary/aromatic N) is 1. The summed E-state index contributed by atoms with van der Waals surface area (Å²) >= 11 is 0. The maximum Gasteiger partial charge on any atom is 0.0647 e. The third-order valence-corrected chi connectivity index (χ3v) is 0.816. The smallest absolute Gasteiger partial charge is 0.0647 e. The second-order valence-corrected chi connectivity index (χ2v) is 1.87. The van der Waals surface area contributed by atoms with Gasteiger partial charge in [-0.1, -0.05) is 12.7 Å². The minimum atomic E-state index is 0.502. The molecule has 12 heavy (non-hydrogen) atoms. The van der Waals surface area contributed by atoms with Crippen LogP contribution in [0.3, 0.4) is 0 Å². The van der Waals surface area contributed by atoms with Gasteiger partial charge in [0.25, 0.3) is 0 Å². The van der Waals surface area contributed by atoms with Crippen molar-refractivity contribution in [3.05, 3.63) is 36.7 Å². The Morgan fingerprint density at radius 3 is 2.83 bits per heavy atom. The molecule has 0 aliphatic rings. The van der Waals surface area contributed by atoms with E-state index < -0.39 is 0 Å². The van der Waals surface area contributed by atoms with E-state index in [1.165, 1.54) is 6.21 Å². The molecule has 0 radical (unpaired) electrons. The quantitative estimate of drug-likeness (QED) is 0.319. The average Bonchev–Trinajstić information content (AvgIpc) is 2.02. The fraction of sp³-hybridized carbons (Fsp3) is 0. The third-order valence-electron chi connectivity index (χ3n) is 0.816. The van der Waals surface area contributed by atoms with Crippen LogP contribution >= 0.6 is 0 Å². The van der Waals surface area contributed by atoms with Crippen LogP contribution in [-0.4, -0.2) is 12.4 Å². The summed E-state index contributed by atoms with van der Waals surface area (Å²) in [5.74, 6) is 0. The number of allylic oxidation sites excluding steroid dienone is 3. The lowest BCUT2D eigenvalue weighted by molar-refractivity contribution is 0.978. The Bertz CT molecular complexity index is 225. The van der Waals surface area contributed by atoms with Crippen molar-refractivity contribution in [2.24, 2.45) is 10.8 Å². The fourth-order valence-corrected chi connectivity index (χ4v) is 0.401. The van der Waals surface area contributed by atoms with Gasteiger partial charge in [-0.25, -0.2) is 0 Å². The highest BCUT2D eigenvalue weighted by Gasteiger charge is 1.69. The van der Waals surface area contributed by atoms with Gasteiger partial charge in [0.1, 0.15) is 0 Å². The molecule has 0 amide bonds. The molecule has 4 N–H and O–H groups in total. The first kappa shape index (κ1) is 10.2. The molecule has 64 valence electrons. The van der Waals surface area contributed by atoms with Crippen molar-refractivity contribution in [1.29, 1.82) is 5.41 Å². The molecule has 0 aliphatic heterocycles. The standard InChI is InChI=1S/C8H12N4/c1-8(10)4-2-3-6-11-12-7-5-9/h2-7,9,11H,1,10H2/b4-2-,6-3+,9-5?,12-7-. The van der Waals surface area contributed by atoms with Crippen molar-refractivity contribution in [3.8, 4) is 0 Å². The van der Waals surface area contributed by atoms with Crippen molar-refractivity contribution in [2.45, 2.75) is 0 Å². The summed E-state index contributed by atoms with van der Waals surface area (Å²) in [5.41, 5.74) is 8.34. The van der Waals surface area contributed by atoms with Gasteiger partial charge >= 0.3 is 0 Å². The zero-order valence-electron chi connectivity index (χ0n) is 6.70. The van der Waals surface area contributed by atoms with E-state index in [4.69, 9.17) is 11.1 Å². The van der Waals surface area contributed by atoms with E-state index in [0.717, 1.165) is 6.21 Å². The van der Waals surface area contributed by atoms with Crippen molar-refractivity contribution in [2.75, 3.05) is 0 Å². The summed E-state index contributed by atoms with van der Waals surface area (Å²) in [7, 11) is 0. The van der Waals surface area contributed by atoms with Gasteiger partial charge in [-0.3, -0.25) is 5.43 Å². The van der Waals surface area contributed by atoms with E-state index in [0.29, 0.717) is 5.70 Å². The predicted octanol–water partition coefficient (Wildman–Crippen LogP) is 0.754. The highest BCUT2D eigenvalue weighted by Crippen LogP contribution is 1.80.